The summed E-state index contributed by atoms with van der Waals surface area (Å²) in [4.78, 5) is 22.4. The average Bonchev–Trinajstić information content (AvgIpc) is 2.60. The maximum atomic E-state index is 11.4. The highest BCUT2D eigenvalue weighted by Crippen LogP contribution is 2.26. The van der Waals surface area contributed by atoms with Gasteiger partial charge in [-0.1, -0.05) is 29.8 Å². The smallest absolute Gasteiger partial charge is 0.349 e. The Morgan fingerprint density at radius 3 is 2.44 bits per heavy atom. The molecular weight excluding hydrogens is 232 g/mol. The number of hydrogen-bond acceptors (Lipinski definition) is 3. The van der Waals surface area contributed by atoms with Crippen LogP contribution in [0.25, 0.3) is 0 Å². The molecule has 1 aliphatic heterocycles. The van der Waals surface area contributed by atoms with Crippen LogP contribution in [0.1, 0.15) is 18.1 Å². The summed E-state index contributed by atoms with van der Waals surface area (Å²) in [5.74, 6) is -1.66. The first-order valence-electron chi connectivity index (χ1n) is 5.68. The molecule has 1 atom stereocenters. The normalized spacial score (nSPS) is 19.0. The molecule has 0 bridgehead atoms. The van der Waals surface area contributed by atoms with E-state index in [4.69, 9.17) is 9.84 Å². The molecule has 0 amide bonds. The van der Waals surface area contributed by atoms with Crippen LogP contribution in [0.3, 0.4) is 0 Å². The van der Waals surface area contributed by atoms with Crippen molar-refractivity contribution in [1.29, 1.82) is 0 Å². The van der Waals surface area contributed by atoms with Gasteiger partial charge in [-0.05, 0) is 31.4 Å². The van der Waals surface area contributed by atoms with Gasteiger partial charge in [0.25, 0.3) is 0 Å². The van der Waals surface area contributed by atoms with Gasteiger partial charge in [0.05, 0.1) is 0 Å². The molecule has 4 nitrogen and oxygen atoms in total. The molecule has 0 saturated carbocycles. The van der Waals surface area contributed by atoms with Crippen LogP contribution >= 0.6 is 0 Å². The van der Waals surface area contributed by atoms with E-state index < -0.39 is 18.0 Å². The lowest BCUT2D eigenvalue weighted by atomic mass is 9.97. The van der Waals surface area contributed by atoms with Crippen molar-refractivity contribution in [2.45, 2.75) is 26.4 Å². The zero-order chi connectivity index (χ0) is 13.3. The first kappa shape index (κ1) is 12.4. The van der Waals surface area contributed by atoms with Crippen molar-refractivity contribution in [3.8, 4) is 0 Å². The van der Waals surface area contributed by atoms with Crippen LogP contribution in [0.4, 0.5) is 0 Å². The second-order valence-corrected chi connectivity index (χ2v) is 4.44. The Kier molecular flexibility index (Phi) is 3.19. The third-order valence-electron chi connectivity index (χ3n) is 3.07. The van der Waals surface area contributed by atoms with Crippen LogP contribution in [0.15, 0.2) is 35.4 Å². The molecule has 1 aromatic carbocycles. The summed E-state index contributed by atoms with van der Waals surface area (Å²) in [7, 11) is 0. The molecule has 0 spiro atoms. The number of rotatable bonds is 3. The highest BCUT2D eigenvalue weighted by atomic mass is 16.6. The summed E-state index contributed by atoms with van der Waals surface area (Å²) >= 11 is 0. The summed E-state index contributed by atoms with van der Waals surface area (Å²) in [6.45, 7) is 3.59. The lowest BCUT2D eigenvalue weighted by molar-refractivity contribution is -0.156. The van der Waals surface area contributed by atoms with Crippen molar-refractivity contribution in [3.63, 3.8) is 0 Å². The van der Waals surface area contributed by atoms with Crippen LogP contribution in [-0.4, -0.2) is 23.1 Å². The Bertz CT molecular complexity index is 525. The lowest BCUT2D eigenvalue weighted by Crippen LogP contribution is -2.23. The van der Waals surface area contributed by atoms with E-state index in [1.165, 1.54) is 0 Å². The molecule has 1 unspecified atom stereocenters. The highest BCUT2D eigenvalue weighted by Gasteiger charge is 2.36. The highest BCUT2D eigenvalue weighted by molar-refractivity contribution is 5.96. The maximum absolute atomic E-state index is 11.4. The van der Waals surface area contributed by atoms with E-state index >= 15 is 0 Å². The third kappa shape index (κ3) is 2.27. The van der Waals surface area contributed by atoms with Gasteiger partial charge in [-0.2, -0.15) is 0 Å². The van der Waals surface area contributed by atoms with Gasteiger partial charge in [0.15, 0.2) is 0 Å². The first-order chi connectivity index (χ1) is 8.49. The van der Waals surface area contributed by atoms with Crippen molar-refractivity contribution in [1.82, 2.24) is 0 Å². The standard InChI is InChI=1S/C14H14O4/c1-8-3-5-10(6-4-8)7-11-9(2)14(17)18-12(11)13(15)16/h3-6,12H,7H2,1-2H3,(H,15,16). The Balaban J connectivity index is 2.28. The quantitative estimate of drug-likeness (QED) is 0.827. The largest absolute Gasteiger partial charge is 0.478 e. The molecule has 0 aliphatic carbocycles. The topological polar surface area (TPSA) is 63.6 Å². The third-order valence-corrected chi connectivity index (χ3v) is 3.07. The van der Waals surface area contributed by atoms with Crippen molar-refractivity contribution in [3.05, 3.63) is 46.5 Å². The molecule has 1 aromatic rings. The molecule has 0 radical (unpaired) electrons. The monoisotopic (exact) mass is 246 g/mol. The van der Waals surface area contributed by atoms with Gasteiger partial charge < -0.3 is 9.84 Å². The molecule has 1 aliphatic rings. The summed E-state index contributed by atoms with van der Waals surface area (Å²) < 4.78 is 4.83. The van der Waals surface area contributed by atoms with E-state index in [-0.39, 0.29) is 0 Å². The Hall–Kier alpha value is -2.10. The molecule has 2 rings (SSSR count). The Morgan fingerprint density at radius 1 is 1.28 bits per heavy atom. The van der Waals surface area contributed by atoms with Crippen molar-refractivity contribution < 1.29 is 19.4 Å². The van der Waals surface area contributed by atoms with Crippen molar-refractivity contribution in [2.24, 2.45) is 0 Å². The number of esters is 1. The Morgan fingerprint density at radius 2 is 1.89 bits per heavy atom. The number of carbonyl (C=O) groups excluding carboxylic acids is 1. The predicted octanol–water partition coefficient (Wildman–Crippen LogP) is 1.86. The summed E-state index contributed by atoms with van der Waals surface area (Å²) in [5, 5.41) is 9.03. The Labute approximate surface area is 105 Å². The van der Waals surface area contributed by atoms with Gasteiger partial charge in [0.2, 0.25) is 6.10 Å². The number of benzene rings is 1. The van der Waals surface area contributed by atoms with E-state index in [2.05, 4.69) is 0 Å². The lowest BCUT2D eigenvalue weighted by Gasteiger charge is -2.09. The maximum Gasteiger partial charge on any atom is 0.349 e. The molecule has 1 heterocycles. The minimum Gasteiger partial charge on any atom is -0.478 e. The van der Waals surface area contributed by atoms with Crippen LogP contribution in [0, 0.1) is 6.92 Å². The minimum atomic E-state index is -1.14. The van der Waals surface area contributed by atoms with E-state index in [1.54, 1.807) is 6.92 Å². The zero-order valence-corrected chi connectivity index (χ0v) is 10.3. The fraction of sp³-hybridized carbons (Fsp3) is 0.286. The molecule has 0 aromatic heterocycles. The van der Waals surface area contributed by atoms with Gasteiger partial charge in [-0.15, -0.1) is 0 Å². The molecule has 0 fully saturated rings. The number of aryl methyl sites for hydroxylation is 1. The van der Waals surface area contributed by atoms with Crippen LogP contribution < -0.4 is 0 Å². The number of aliphatic carboxylic acids is 1. The van der Waals surface area contributed by atoms with E-state index in [1.807, 2.05) is 31.2 Å². The SMILES string of the molecule is CC1=C(Cc2ccc(C)cc2)C(C(=O)O)OC1=O. The number of cyclic esters (lactones) is 1. The minimum absolute atomic E-state index is 0.406. The van der Waals surface area contributed by atoms with Gasteiger partial charge >= 0.3 is 11.9 Å². The summed E-state index contributed by atoms with van der Waals surface area (Å²) in [6, 6.07) is 7.77. The first-order valence-corrected chi connectivity index (χ1v) is 5.68. The van der Waals surface area contributed by atoms with Crippen molar-refractivity contribution in [2.75, 3.05) is 0 Å². The number of carboxylic acid groups (broad SMARTS) is 1. The van der Waals surface area contributed by atoms with E-state index in [9.17, 15) is 9.59 Å². The number of ether oxygens (including phenoxy) is 1. The van der Waals surface area contributed by atoms with Gasteiger partial charge in [0, 0.05) is 5.57 Å². The van der Waals surface area contributed by atoms with E-state index in [0.29, 0.717) is 17.6 Å². The molecule has 94 valence electrons. The van der Waals surface area contributed by atoms with Crippen LogP contribution in [0.2, 0.25) is 0 Å². The molecule has 4 heteroatoms. The molecular formula is C14H14O4. The molecule has 1 N–H and O–H groups in total. The van der Waals surface area contributed by atoms with Gasteiger partial charge in [-0.25, -0.2) is 9.59 Å². The van der Waals surface area contributed by atoms with Crippen LogP contribution in [-0.2, 0) is 20.7 Å². The summed E-state index contributed by atoms with van der Waals surface area (Å²) in [6.07, 6.45) is -0.715. The fourth-order valence-corrected chi connectivity index (χ4v) is 1.94. The second-order valence-electron chi connectivity index (χ2n) is 4.44. The van der Waals surface area contributed by atoms with Gasteiger partial charge in [0.1, 0.15) is 0 Å². The summed E-state index contributed by atoms with van der Waals surface area (Å²) in [5.41, 5.74) is 3.05. The fourth-order valence-electron chi connectivity index (χ4n) is 1.94. The van der Waals surface area contributed by atoms with Crippen LogP contribution in [0.5, 0.6) is 0 Å². The van der Waals surface area contributed by atoms with Crippen molar-refractivity contribution >= 4 is 11.9 Å². The zero-order valence-electron chi connectivity index (χ0n) is 10.3. The second kappa shape index (κ2) is 4.64. The average molecular weight is 246 g/mol. The predicted molar refractivity (Wildman–Crippen MR) is 65.1 cm³/mol. The number of hydrogen-bond donors (Lipinski definition) is 1. The molecule has 0 saturated heterocycles. The number of carbonyl (C=O) groups is 2. The van der Waals surface area contributed by atoms with Gasteiger partial charge in [-0.3, -0.25) is 0 Å². The molecule has 18 heavy (non-hydrogen) atoms. The number of carboxylic acids is 1. The van der Waals surface area contributed by atoms with E-state index in [0.717, 1.165) is 11.1 Å².